The average molecular weight is 345 g/mol. The van der Waals surface area contributed by atoms with Gasteiger partial charge in [0.25, 0.3) is 5.91 Å². The quantitative estimate of drug-likeness (QED) is 0.801. The highest BCUT2D eigenvalue weighted by atomic mass is 16.5. The minimum absolute atomic E-state index is 0.0986. The molecule has 0 fully saturated rings. The number of anilines is 1. The minimum atomic E-state index is -0.477. The summed E-state index contributed by atoms with van der Waals surface area (Å²) in [6.07, 6.45) is 0. The molecule has 2 aromatic rings. The number of nitrogens with zero attached hydrogens (tertiary/aromatic N) is 2. The standard InChI is InChI=1S/C17H19N3O5/c1-4-25-15(21)10-20-14(9-11(2)19-20)18-16(22)12-5-7-13(8-6-12)17(23)24-3/h5-9H,4,10H2,1-3H3,(H,18,22). The Balaban J connectivity index is 2.12. The molecule has 0 saturated carbocycles. The van der Waals surface area contributed by atoms with E-state index < -0.39 is 11.9 Å². The normalized spacial score (nSPS) is 10.2. The highest BCUT2D eigenvalue weighted by molar-refractivity contribution is 6.04. The van der Waals surface area contributed by atoms with Crippen LogP contribution in [0.15, 0.2) is 30.3 Å². The third kappa shape index (κ3) is 4.66. The molecule has 0 radical (unpaired) electrons. The molecule has 0 aliphatic carbocycles. The van der Waals surface area contributed by atoms with Crippen LogP contribution in [0.3, 0.4) is 0 Å². The highest BCUT2D eigenvalue weighted by Crippen LogP contribution is 2.13. The van der Waals surface area contributed by atoms with Crippen molar-refractivity contribution in [3.8, 4) is 0 Å². The van der Waals surface area contributed by atoms with Gasteiger partial charge in [0, 0.05) is 11.6 Å². The molecule has 132 valence electrons. The molecule has 1 heterocycles. The Morgan fingerprint density at radius 1 is 1.16 bits per heavy atom. The van der Waals surface area contributed by atoms with Crippen LogP contribution in [0.4, 0.5) is 5.82 Å². The molecule has 0 saturated heterocycles. The first-order valence-electron chi connectivity index (χ1n) is 7.64. The number of aryl methyl sites for hydroxylation is 1. The minimum Gasteiger partial charge on any atom is -0.465 e. The molecule has 1 aromatic carbocycles. The third-order valence-electron chi connectivity index (χ3n) is 3.30. The number of methoxy groups -OCH3 is 1. The van der Waals surface area contributed by atoms with Crippen LogP contribution in [-0.4, -0.2) is 41.3 Å². The van der Waals surface area contributed by atoms with E-state index in [1.54, 1.807) is 19.9 Å². The van der Waals surface area contributed by atoms with Crippen molar-refractivity contribution in [3.05, 3.63) is 47.2 Å². The Bertz CT molecular complexity index is 780. The van der Waals surface area contributed by atoms with Crippen molar-refractivity contribution in [3.63, 3.8) is 0 Å². The van der Waals surface area contributed by atoms with Crippen molar-refractivity contribution in [2.24, 2.45) is 0 Å². The Labute approximate surface area is 144 Å². The number of benzene rings is 1. The van der Waals surface area contributed by atoms with E-state index in [9.17, 15) is 14.4 Å². The third-order valence-corrected chi connectivity index (χ3v) is 3.30. The number of amides is 1. The molecule has 25 heavy (non-hydrogen) atoms. The fourth-order valence-corrected chi connectivity index (χ4v) is 2.16. The van der Waals surface area contributed by atoms with Gasteiger partial charge in [-0.2, -0.15) is 5.10 Å². The maximum atomic E-state index is 12.4. The fraction of sp³-hybridized carbons (Fsp3) is 0.294. The van der Waals surface area contributed by atoms with Crippen molar-refractivity contribution in [1.82, 2.24) is 9.78 Å². The molecular weight excluding hydrogens is 326 g/mol. The molecule has 8 nitrogen and oxygen atoms in total. The number of ether oxygens (including phenoxy) is 2. The van der Waals surface area contributed by atoms with Gasteiger partial charge in [-0.1, -0.05) is 0 Å². The zero-order chi connectivity index (χ0) is 18.4. The summed E-state index contributed by atoms with van der Waals surface area (Å²) in [6, 6.07) is 7.69. The lowest BCUT2D eigenvalue weighted by atomic mass is 10.1. The van der Waals surface area contributed by atoms with Crippen LogP contribution in [0.25, 0.3) is 0 Å². The van der Waals surface area contributed by atoms with Gasteiger partial charge in [0.1, 0.15) is 12.4 Å². The van der Waals surface area contributed by atoms with Crippen LogP contribution in [0.5, 0.6) is 0 Å². The van der Waals surface area contributed by atoms with E-state index in [2.05, 4.69) is 15.2 Å². The molecule has 1 aromatic heterocycles. The molecule has 0 atom stereocenters. The predicted molar refractivity (Wildman–Crippen MR) is 89.3 cm³/mol. The maximum Gasteiger partial charge on any atom is 0.337 e. The molecule has 0 bridgehead atoms. The van der Waals surface area contributed by atoms with Crippen molar-refractivity contribution < 1.29 is 23.9 Å². The van der Waals surface area contributed by atoms with Crippen molar-refractivity contribution in [1.29, 1.82) is 0 Å². The molecule has 0 aliphatic heterocycles. The fourth-order valence-electron chi connectivity index (χ4n) is 2.16. The van der Waals surface area contributed by atoms with E-state index in [1.165, 1.54) is 36.1 Å². The first-order chi connectivity index (χ1) is 11.9. The van der Waals surface area contributed by atoms with E-state index in [0.717, 1.165) is 0 Å². The first-order valence-corrected chi connectivity index (χ1v) is 7.64. The van der Waals surface area contributed by atoms with Crippen molar-refractivity contribution >= 4 is 23.7 Å². The van der Waals surface area contributed by atoms with Crippen LogP contribution in [0.1, 0.15) is 33.3 Å². The topological polar surface area (TPSA) is 99.5 Å². The van der Waals surface area contributed by atoms with Crippen LogP contribution < -0.4 is 5.32 Å². The number of hydrogen-bond donors (Lipinski definition) is 1. The second kappa shape index (κ2) is 8.09. The lowest BCUT2D eigenvalue weighted by Crippen LogP contribution is -2.20. The number of rotatable bonds is 6. The SMILES string of the molecule is CCOC(=O)Cn1nc(C)cc1NC(=O)c1ccc(C(=O)OC)cc1. The Kier molecular flexibility index (Phi) is 5.89. The number of aromatic nitrogens is 2. The number of hydrogen-bond acceptors (Lipinski definition) is 6. The van der Waals surface area contributed by atoms with Crippen LogP contribution in [-0.2, 0) is 20.8 Å². The molecule has 8 heteroatoms. The number of esters is 2. The van der Waals surface area contributed by atoms with E-state index in [1.807, 2.05) is 0 Å². The van der Waals surface area contributed by atoms with Gasteiger partial charge >= 0.3 is 11.9 Å². The largest absolute Gasteiger partial charge is 0.465 e. The van der Waals surface area contributed by atoms with E-state index in [-0.39, 0.29) is 19.1 Å². The molecule has 2 rings (SSSR count). The number of carbonyl (C=O) groups excluding carboxylic acids is 3. The van der Waals surface area contributed by atoms with Crippen LogP contribution in [0, 0.1) is 6.92 Å². The van der Waals surface area contributed by atoms with E-state index in [0.29, 0.717) is 22.6 Å². The predicted octanol–water partition coefficient (Wildman–Crippen LogP) is 1.79. The van der Waals surface area contributed by atoms with Gasteiger partial charge in [0.05, 0.1) is 25.0 Å². The summed E-state index contributed by atoms with van der Waals surface area (Å²) < 4.78 is 10.9. The molecule has 0 unspecified atom stereocenters. The zero-order valence-electron chi connectivity index (χ0n) is 14.2. The summed E-state index contributed by atoms with van der Waals surface area (Å²) in [7, 11) is 1.29. The molecule has 1 amide bonds. The molecule has 0 aliphatic rings. The van der Waals surface area contributed by atoms with Crippen LogP contribution >= 0.6 is 0 Å². The average Bonchev–Trinajstić information content (AvgIpc) is 2.93. The molecule has 0 spiro atoms. The second-order valence-electron chi connectivity index (χ2n) is 5.16. The monoisotopic (exact) mass is 345 g/mol. The van der Waals surface area contributed by atoms with Gasteiger partial charge in [-0.25, -0.2) is 9.48 Å². The van der Waals surface area contributed by atoms with Gasteiger partial charge in [-0.15, -0.1) is 0 Å². The number of nitrogens with one attached hydrogen (secondary N) is 1. The Morgan fingerprint density at radius 3 is 2.40 bits per heavy atom. The lowest BCUT2D eigenvalue weighted by Gasteiger charge is -2.09. The van der Waals surface area contributed by atoms with E-state index >= 15 is 0 Å². The van der Waals surface area contributed by atoms with Gasteiger partial charge in [0.15, 0.2) is 0 Å². The summed E-state index contributed by atoms with van der Waals surface area (Å²) in [5.41, 5.74) is 1.36. The Morgan fingerprint density at radius 2 is 1.80 bits per heavy atom. The van der Waals surface area contributed by atoms with Gasteiger partial charge in [0.2, 0.25) is 0 Å². The second-order valence-corrected chi connectivity index (χ2v) is 5.16. The summed E-state index contributed by atoms with van der Waals surface area (Å²) in [5.74, 6) is -0.923. The van der Waals surface area contributed by atoms with Gasteiger partial charge in [-0.3, -0.25) is 9.59 Å². The first kappa shape index (κ1) is 18.2. The van der Waals surface area contributed by atoms with E-state index in [4.69, 9.17) is 4.74 Å². The summed E-state index contributed by atoms with van der Waals surface area (Å²) in [5, 5.41) is 6.86. The summed E-state index contributed by atoms with van der Waals surface area (Å²) in [4.78, 5) is 35.4. The number of carbonyl (C=O) groups is 3. The lowest BCUT2D eigenvalue weighted by molar-refractivity contribution is -0.144. The van der Waals surface area contributed by atoms with Gasteiger partial charge in [-0.05, 0) is 38.1 Å². The van der Waals surface area contributed by atoms with Gasteiger partial charge < -0.3 is 14.8 Å². The highest BCUT2D eigenvalue weighted by Gasteiger charge is 2.14. The van der Waals surface area contributed by atoms with Crippen molar-refractivity contribution in [2.75, 3.05) is 19.0 Å². The summed E-state index contributed by atoms with van der Waals surface area (Å²) in [6.45, 7) is 3.64. The molecule has 1 N–H and O–H groups in total. The maximum absolute atomic E-state index is 12.4. The smallest absolute Gasteiger partial charge is 0.337 e. The molecular formula is C17H19N3O5. The van der Waals surface area contributed by atoms with Crippen molar-refractivity contribution in [2.45, 2.75) is 20.4 Å². The Hall–Kier alpha value is -3.16. The van der Waals surface area contributed by atoms with Crippen LogP contribution in [0.2, 0.25) is 0 Å². The summed E-state index contributed by atoms with van der Waals surface area (Å²) >= 11 is 0. The zero-order valence-corrected chi connectivity index (χ0v) is 14.2.